The highest BCUT2D eigenvalue weighted by Crippen LogP contribution is 2.29. The Balaban J connectivity index is 1.69. The van der Waals surface area contributed by atoms with E-state index in [9.17, 15) is 28.3 Å². The maximum absolute atomic E-state index is 13.8. The van der Waals surface area contributed by atoms with Crippen molar-refractivity contribution in [3.63, 3.8) is 0 Å². The summed E-state index contributed by atoms with van der Waals surface area (Å²) in [6, 6.07) is 2.18. The fraction of sp³-hybridized carbons (Fsp3) is 0.429. The second kappa shape index (κ2) is 8.09. The third kappa shape index (κ3) is 3.55. The van der Waals surface area contributed by atoms with Crippen LogP contribution in [0.5, 0.6) is 5.75 Å². The topological polar surface area (TPSA) is 95.7 Å². The molecular weight excluding hydrogens is 410 g/mol. The minimum absolute atomic E-state index is 0.0434. The first-order chi connectivity index (χ1) is 14.8. The van der Waals surface area contributed by atoms with Crippen molar-refractivity contribution in [1.82, 2.24) is 14.6 Å². The predicted molar refractivity (Wildman–Crippen MR) is 107 cm³/mol. The molecule has 0 saturated carbocycles. The molecule has 2 aromatic heterocycles. The van der Waals surface area contributed by atoms with Crippen molar-refractivity contribution in [3.8, 4) is 5.75 Å². The number of pyridine rings is 2. The Morgan fingerprint density at radius 3 is 2.74 bits per heavy atom. The van der Waals surface area contributed by atoms with Crippen LogP contribution in [0.2, 0.25) is 0 Å². The molecule has 1 N–H and O–H groups in total. The number of halogens is 2. The number of ketones is 1. The van der Waals surface area contributed by atoms with Crippen LogP contribution < -0.4 is 10.4 Å². The van der Waals surface area contributed by atoms with Gasteiger partial charge in [0.15, 0.2) is 17.2 Å². The van der Waals surface area contributed by atoms with Gasteiger partial charge in [0.05, 0.1) is 5.56 Å². The largest absolute Gasteiger partial charge is 0.502 e. The number of hydrogen-bond acceptors (Lipinski definition) is 6. The molecule has 1 amide bonds. The van der Waals surface area contributed by atoms with Gasteiger partial charge < -0.3 is 10.0 Å². The number of fused-ring (bicyclic) bond motifs is 3. The third-order valence-electron chi connectivity index (χ3n) is 5.86. The minimum Gasteiger partial charge on any atom is -0.502 e. The third-order valence-corrected chi connectivity index (χ3v) is 5.86. The fourth-order valence-electron chi connectivity index (χ4n) is 4.29. The maximum atomic E-state index is 13.8. The first-order valence-corrected chi connectivity index (χ1v) is 10.2. The lowest BCUT2D eigenvalue weighted by atomic mass is 10.0. The number of piperidine rings is 1. The molecule has 1 saturated heterocycles. The molecule has 2 aliphatic heterocycles. The highest BCUT2D eigenvalue weighted by Gasteiger charge is 2.40. The molecule has 0 radical (unpaired) electrons. The molecule has 164 valence electrons. The lowest BCUT2D eigenvalue weighted by Crippen LogP contribution is -2.63. The van der Waals surface area contributed by atoms with Crippen LogP contribution in [0.15, 0.2) is 23.1 Å². The molecule has 4 rings (SSSR count). The number of carbonyl (C=O) groups is 2. The molecule has 0 bridgehead atoms. The number of rotatable bonds is 5. The summed E-state index contributed by atoms with van der Waals surface area (Å²) in [5, 5.41) is 12.4. The number of hydrogen-bond donors (Lipinski definition) is 1. The molecule has 2 aromatic rings. The van der Waals surface area contributed by atoms with Crippen molar-refractivity contribution in [3.05, 3.63) is 57.3 Å². The van der Waals surface area contributed by atoms with E-state index in [1.807, 2.05) is 11.9 Å². The average Bonchev–Trinajstić information content (AvgIpc) is 2.75. The molecule has 0 unspecified atom stereocenters. The van der Waals surface area contributed by atoms with E-state index in [1.54, 1.807) is 4.90 Å². The van der Waals surface area contributed by atoms with Gasteiger partial charge in [0, 0.05) is 31.3 Å². The summed E-state index contributed by atoms with van der Waals surface area (Å²) in [7, 11) is 0. The van der Waals surface area contributed by atoms with Crippen LogP contribution in [0.4, 0.5) is 8.78 Å². The van der Waals surface area contributed by atoms with Crippen LogP contribution in [0.3, 0.4) is 0 Å². The highest BCUT2D eigenvalue weighted by molar-refractivity contribution is 6.00. The Bertz CT molecular complexity index is 1120. The summed E-state index contributed by atoms with van der Waals surface area (Å²) in [4.78, 5) is 43.1. The molecule has 0 aliphatic carbocycles. The van der Waals surface area contributed by atoms with Gasteiger partial charge in [-0.2, -0.15) is 13.8 Å². The molecule has 2 aliphatic rings. The van der Waals surface area contributed by atoms with E-state index < -0.39 is 34.8 Å². The van der Waals surface area contributed by atoms with Crippen LogP contribution >= 0.6 is 0 Å². The molecule has 31 heavy (non-hydrogen) atoms. The molecule has 0 aromatic carbocycles. The average molecular weight is 432 g/mol. The first kappa shape index (κ1) is 21.0. The maximum Gasteiger partial charge on any atom is 0.278 e. The number of carbonyl (C=O) groups excluding carboxylic acids is 2. The van der Waals surface area contributed by atoms with Gasteiger partial charge in [0.2, 0.25) is 17.3 Å². The SMILES string of the molecule is CCN1C(=O)c2c(O)c(=O)c(C(=O)CCc3ccc(F)nc3F)cn2N2CCCC[C@@H]12. The quantitative estimate of drug-likeness (QED) is 0.573. The molecular formula is C21H22F2N4O4. The van der Waals surface area contributed by atoms with E-state index in [-0.39, 0.29) is 35.8 Å². The van der Waals surface area contributed by atoms with Crippen molar-refractivity contribution in [1.29, 1.82) is 0 Å². The molecule has 1 fully saturated rings. The van der Waals surface area contributed by atoms with Gasteiger partial charge in [-0.15, -0.1) is 0 Å². The van der Waals surface area contributed by atoms with Crippen molar-refractivity contribution < 1.29 is 23.5 Å². The molecule has 1 atom stereocenters. The van der Waals surface area contributed by atoms with E-state index in [0.717, 1.165) is 25.3 Å². The van der Waals surface area contributed by atoms with Gasteiger partial charge in [-0.25, -0.2) is 0 Å². The second-order valence-corrected chi connectivity index (χ2v) is 7.65. The lowest BCUT2D eigenvalue weighted by molar-refractivity contribution is 0.0534. The number of Topliss-reactive ketones (excluding diaryl/α,β-unsaturated/α-hetero) is 1. The van der Waals surface area contributed by atoms with Crippen molar-refractivity contribution in [2.24, 2.45) is 0 Å². The van der Waals surface area contributed by atoms with Gasteiger partial charge in [-0.05, 0) is 44.7 Å². The molecule has 0 spiro atoms. The zero-order valence-electron chi connectivity index (χ0n) is 17.0. The summed E-state index contributed by atoms with van der Waals surface area (Å²) >= 11 is 0. The molecule has 4 heterocycles. The van der Waals surface area contributed by atoms with Gasteiger partial charge in [-0.3, -0.25) is 24.1 Å². The Morgan fingerprint density at radius 2 is 2.03 bits per heavy atom. The predicted octanol–water partition coefficient (Wildman–Crippen LogP) is 1.97. The molecule has 8 nitrogen and oxygen atoms in total. The number of nitrogens with zero attached hydrogens (tertiary/aromatic N) is 4. The number of aromatic hydroxyl groups is 1. The first-order valence-electron chi connectivity index (χ1n) is 10.2. The number of aromatic nitrogens is 2. The highest BCUT2D eigenvalue weighted by atomic mass is 19.1. The normalized spacial score (nSPS) is 18.0. The Morgan fingerprint density at radius 1 is 1.26 bits per heavy atom. The van der Waals surface area contributed by atoms with Gasteiger partial charge in [0.25, 0.3) is 5.91 Å². The van der Waals surface area contributed by atoms with Gasteiger partial charge >= 0.3 is 0 Å². The van der Waals surface area contributed by atoms with E-state index in [2.05, 4.69) is 4.98 Å². The Hall–Kier alpha value is -3.30. The summed E-state index contributed by atoms with van der Waals surface area (Å²) in [6.07, 6.45) is 3.30. The van der Waals surface area contributed by atoms with E-state index in [4.69, 9.17) is 0 Å². The van der Waals surface area contributed by atoms with Gasteiger partial charge in [0.1, 0.15) is 6.17 Å². The summed E-state index contributed by atoms with van der Waals surface area (Å²) < 4.78 is 28.1. The summed E-state index contributed by atoms with van der Waals surface area (Å²) in [6.45, 7) is 2.85. The van der Waals surface area contributed by atoms with Crippen molar-refractivity contribution >= 4 is 11.7 Å². The number of amides is 1. The Kier molecular flexibility index (Phi) is 5.47. The van der Waals surface area contributed by atoms with Crippen LogP contribution in [-0.2, 0) is 6.42 Å². The van der Waals surface area contributed by atoms with Crippen molar-refractivity contribution in [2.45, 2.75) is 45.2 Å². The van der Waals surface area contributed by atoms with Crippen LogP contribution in [0.25, 0.3) is 0 Å². The van der Waals surface area contributed by atoms with Crippen molar-refractivity contribution in [2.75, 3.05) is 18.1 Å². The number of aryl methyl sites for hydroxylation is 1. The standard InChI is InChI=1S/C21H22F2N4O4/c1-2-25-16-5-3-4-10-26(16)27-11-13(18(29)19(30)17(27)21(25)31)14(28)8-6-12-7-9-15(22)24-20(12)23/h7,9,11,16,30H,2-6,8,10H2,1H3/t16-/m0/s1. The fourth-order valence-corrected chi connectivity index (χ4v) is 4.29. The molecule has 10 heteroatoms. The zero-order chi connectivity index (χ0) is 22.3. The van der Waals surface area contributed by atoms with Crippen LogP contribution in [0.1, 0.15) is 59.0 Å². The lowest BCUT2D eigenvalue weighted by Gasteiger charge is -2.48. The zero-order valence-corrected chi connectivity index (χ0v) is 17.0. The Labute approximate surface area is 176 Å². The van der Waals surface area contributed by atoms with Gasteiger partial charge in [-0.1, -0.05) is 0 Å². The summed E-state index contributed by atoms with van der Waals surface area (Å²) in [5.74, 6) is -3.82. The van der Waals surface area contributed by atoms with E-state index >= 15 is 0 Å². The minimum atomic E-state index is -1.01. The van der Waals surface area contributed by atoms with E-state index in [1.165, 1.54) is 16.9 Å². The smallest absolute Gasteiger partial charge is 0.278 e. The monoisotopic (exact) mass is 432 g/mol. The summed E-state index contributed by atoms with van der Waals surface area (Å²) in [5.41, 5.74) is -1.33. The van der Waals surface area contributed by atoms with Crippen LogP contribution in [0, 0.1) is 11.9 Å². The van der Waals surface area contributed by atoms with E-state index in [0.29, 0.717) is 13.1 Å². The second-order valence-electron chi connectivity index (χ2n) is 7.65. The van der Waals surface area contributed by atoms with Crippen LogP contribution in [-0.4, -0.2) is 50.6 Å².